The Morgan fingerprint density at radius 3 is 2.89 bits per heavy atom. The molecule has 0 aliphatic heterocycles. The molecule has 0 aliphatic carbocycles. The van der Waals surface area contributed by atoms with E-state index in [1.807, 2.05) is 0 Å². The molecule has 46 valence electrons. The fraction of sp³-hybridized carbons (Fsp3) is 0. The van der Waals surface area contributed by atoms with Gasteiger partial charge in [0.2, 0.25) is 0 Å². The molecule has 0 N–H and O–H groups in total. The summed E-state index contributed by atoms with van der Waals surface area (Å²) in [6.07, 6.45) is 1.53. The first kappa shape index (κ1) is 4.74. The predicted octanol–water partition coefficient (Wildman–Crippen LogP) is 2.47. The van der Waals surface area contributed by atoms with E-state index in [0.29, 0.717) is 5.56 Å². The second-order valence-corrected chi connectivity index (χ2v) is 1.67. The van der Waals surface area contributed by atoms with Crippen molar-refractivity contribution in [3.8, 4) is 0 Å². The molecule has 1 rings (SSSR count). The maximum absolute atomic E-state index is 12.3. The van der Waals surface area contributed by atoms with Gasteiger partial charge in [0.05, 0.1) is 1.37 Å². The second-order valence-electron chi connectivity index (χ2n) is 1.67. The first-order chi connectivity index (χ1) is 4.74. The van der Waals surface area contributed by atoms with Crippen molar-refractivity contribution in [1.29, 1.82) is 0 Å². The van der Waals surface area contributed by atoms with Crippen LogP contribution in [0.3, 0.4) is 0 Å². The number of benzene rings is 1. The van der Waals surface area contributed by atoms with Gasteiger partial charge in [0, 0.05) is 0 Å². The highest BCUT2D eigenvalue weighted by Crippen LogP contribution is 2.02. The molecule has 0 unspecified atom stereocenters. The van der Waals surface area contributed by atoms with Crippen LogP contribution in [0.1, 0.15) is 6.93 Å². The number of halogens is 1. The Kier molecular flexibility index (Phi) is 1.29. The van der Waals surface area contributed by atoms with Gasteiger partial charge < -0.3 is 0 Å². The monoisotopic (exact) mass is 123 g/mol. The van der Waals surface area contributed by atoms with E-state index in [2.05, 4.69) is 6.58 Å². The van der Waals surface area contributed by atoms with Crippen LogP contribution in [0.25, 0.3) is 6.08 Å². The van der Waals surface area contributed by atoms with E-state index in [1.54, 1.807) is 0 Å². The summed E-state index contributed by atoms with van der Waals surface area (Å²) in [4.78, 5) is 0. The van der Waals surface area contributed by atoms with Gasteiger partial charge in [-0.1, -0.05) is 24.8 Å². The van der Waals surface area contributed by atoms with E-state index in [0.717, 1.165) is 6.07 Å². The van der Waals surface area contributed by atoms with E-state index in [-0.39, 0.29) is 11.9 Å². The van der Waals surface area contributed by atoms with Gasteiger partial charge in [0.25, 0.3) is 0 Å². The molecule has 0 fully saturated rings. The normalized spacial score (nSPS) is 10.6. The minimum atomic E-state index is -0.379. The van der Waals surface area contributed by atoms with E-state index >= 15 is 0 Å². The molecule has 1 aromatic carbocycles. The van der Waals surface area contributed by atoms with Crippen LogP contribution in [0.15, 0.2) is 30.8 Å². The van der Waals surface area contributed by atoms with Crippen molar-refractivity contribution in [3.05, 3.63) is 42.2 Å². The van der Waals surface area contributed by atoms with Gasteiger partial charge in [-0.15, -0.1) is 0 Å². The summed E-state index contributed by atoms with van der Waals surface area (Å²) in [6, 6.07) is 4.19. The predicted molar refractivity (Wildman–Crippen MR) is 36.5 cm³/mol. The molecule has 1 aromatic rings. The number of rotatable bonds is 1. The van der Waals surface area contributed by atoms with Gasteiger partial charge >= 0.3 is 0 Å². The van der Waals surface area contributed by atoms with Crippen LogP contribution in [0.2, 0.25) is 0 Å². The van der Waals surface area contributed by atoms with Crippen LogP contribution in [-0.2, 0) is 0 Å². The van der Waals surface area contributed by atoms with Crippen LogP contribution < -0.4 is 0 Å². The quantitative estimate of drug-likeness (QED) is 0.538. The van der Waals surface area contributed by atoms with Crippen LogP contribution >= 0.6 is 0 Å². The summed E-state index contributed by atoms with van der Waals surface area (Å²) in [7, 11) is 0. The van der Waals surface area contributed by atoms with Crippen molar-refractivity contribution in [2.24, 2.45) is 0 Å². The minimum Gasteiger partial charge on any atom is -0.207 e. The third-order valence-electron chi connectivity index (χ3n) is 1.02. The Morgan fingerprint density at radius 2 is 2.33 bits per heavy atom. The summed E-state index contributed by atoms with van der Waals surface area (Å²) in [5, 5.41) is 0. The van der Waals surface area contributed by atoms with E-state index in [1.165, 1.54) is 18.2 Å². The maximum Gasteiger partial charge on any atom is 0.123 e. The topological polar surface area (TPSA) is 0 Å². The molecule has 0 aromatic heterocycles. The highest BCUT2D eigenvalue weighted by Gasteiger charge is 1.85. The van der Waals surface area contributed by atoms with Crippen molar-refractivity contribution < 1.29 is 5.76 Å². The third kappa shape index (κ3) is 1.39. The number of hydrogen-bond donors (Lipinski definition) is 0. The Bertz CT molecular complexity index is 255. The fourth-order valence-corrected chi connectivity index (χ4v) is 0.545. The summed E-state index contributed by atoms with van der Waals surface area (Å²) in [5.74, 6) is -0.379. The molecule has 0 saturated carbocycles. The summed E-state index contributed by atoms with van der Waals surface area (Å²) < 4.78 is 19.5. The fourth-order valence-electron chi connectivity index (χ4n) is 0.545. The maximum atomic E-state index is 12.3. The molecule has 1 heteroatoms. The highest BCUT2D eigenvalue weighted by atomic mass is 19.1. The summed E-state index contributed by atoms with van der Waals surface area (Å²) >= 11 is 0. The van der Waals surface area contributed by atoms with Crippen molar-refractivity contribution in [2.45, 2.75) is 0 Å². The first-order valence-electron chi connectivity index (χ1n) is 3.12. The third-order valence-corrected chi connectivity index (χ3v) is 1.02. The van der Waals surface area contributed by atoms with Gasteiger partial charge in [-0.2, -0.15) is 0 Å². The van der Waals surface area contributed by atoms with Gasteiger partial charge in [0.1, 0.15) is 5.82 Å². The molecule has 0 bridgehead atoms. The summed E-state index contributed by atoms with van der Waals surface area (Å²) in [5.41, 5.74) is 0.654. The molecule has 9 heavy (non-hydrogen) atoms. The highest BCUT2D eigenvalue weighted by molar-refractivity contribution is 5.45. The number of hydrogen-bond acceptors (Lipinski definition) is 0. The average Bonchev–Trinajstić information content (AvgIpc) is 1.88. The first-order valence-corrected chi connectivity index (χ1v) is 2.62. The Balaban J connectivity index is 3.19. The molecular weight excluding hydrogens is 115 g/mol. The molecule has 0 spiro atoms. The lowest BCUT2D eigenvalue weighted by atomic mass is 10.2. The molecule has 0 saturated heterocycles. The minimum absolute atomic E-state index is 0.176. The lowest BCUT2D eigenvalue weighted by Crippen LogP contribution is -1.72. The molecule has 0 heterocycles. The molecule has 0 amide bonds. The average molecular weight is 123 g/mol. The van der Waals surface area contributed by atoms with Gasteiger partial charge in [0.15, 0.2) is 0 Å². The molecule has 0 aliphatic rings. The summed E-state index contributed by atoms with van der Waals surface area (Å²) in [6.45, 7) is 3.48. The Morgan fingerprint density at radius 1 is 1.56 bits per heavy atom. The van der Waals surface area contributed by atoms with Gasteiger partial charge in [-0.25, -0.2) is 4.39 Å². The smallest absolute Gasteiger partial charge is 0.123 e. The lowest BCUT2D eigenvalue weighted by Gasteiger charge is -1.88. The molecule has 0 radical (unpaired) electrons. The van der Waals surface area contributed by atoms with E-state index in [9.17, 15) is 4.39 Å². The zero-order valence-electron chi connectivity index (χ0n) is 5.89. The molecular formula is C8H7F. The molecule has 0 atom stereocenters. The largest absolute Gasteiger partial charge is 0.207 e. The van der Waals surface area contributed by atoms with Crippen LogP contribution in [0.5, 0.6) is 0 Å². The van der Waals surface area contributed by atoms with Crippen molar-refractivity contribution >= 4 is 6.08 Å². The van der Waals surface area contributed by atoms with E-state index < -0.39 is 0 Å². The zero-order chi connectivity index (χ0) is 7.56. The van der Waals surface area contributed by atoms with Crippen molar-refractivity contribution in [3.63, 3.8) is 0 Å². The standard InChI is InChI=1S/C8H7F/c1-2-7-3-5-8(9)6-4-7/h2-6H,1H2/i3D. The Labute approximate surface area is 55.0 Å². The van der Waals surface area contributed by atoms with E-state index in [4.69, 9.17) is 1.37 Å². The SMILES string of the molecule is [2H]c1cc(F)ccc1C=C. The van der Waals surface area contributed by atoms with Crippen LogP contribution in [0, 0.1) is 5.82 Å². The van der Waals surface area contributed by atoms with Gasteiger partial charge in [-0.3, -0.25) is 0 Å². The molecule has 0 nitrogen and oxygen atoms in total. The van der Waals surface area contributed by atoms with Crippen molar-refractivity contribution in [1.82, 2.24) is 0 Å². The van der Waals surface area contributed by atoms with Gasteiger partial charge in [-0.05, 0) is 17.7 Å². The Hall–Kier alpha value is -1.11. The zero-order valence-corrected chi connectivity index (χ0v) is 4.89. The lowest BCUT2D eigenvalue weighted by molar-refractivity contribution is 0.628. The van der Waals surface area contributed by atoms with Crippen molar-refractivity contribution in [2.75, 3.05) is 0 Å². The van der Waals surface area contributed by atoms with Crippen LogP contribution in [0.4, 0.5) is 4.39 Å². The second kappa shape index (κ2) is 2.44. The van der Waals surface area contributed by atoms with Crippen LogP contribution in [-0.4, -0.2) is 0 Å².